The first kappa shape index (κ1) is 21.8. The van der Waals surface area contributed by atoms with Gasteiger partial charge in [0.1, 0.15) is 16.3 Å². The largest absolute Gasteiger partial charge is 0.497 e. The molecular formula is C26H25NO4S. The molecule has 0 radical (unpaired) electrons. The molecule has 5 nitrogen and oxygen atoms in total. The molecule has 0 spiro atoms. The van der Waals surface area contributed by atoms with Crippen LogP contribution >= 0.6 is 11.3 Å². The molecule has 32 heavy (non-hydrogen) atoms. The Balaban J connectivity index is 1.57. The average molecular weight is 448 g/mol. The zero-order valence-corrected chi connectivity index (χ0v) is 19.0. The minimum Gasteiger partial charge on any atom is -0.497 e. The van der Waals surface area contributed by atoms with Crippen molar-refractivity contribution < 1.29 is 19.1 Å². The number of esters is 1. The molecule has 1 heterocycles. The number of carbonyl (C=O) groups is 2. The Hall–Kier alpha value is -3.38. The summed E-state index contributed by atoms with van der Waals surface area (Å²) in [5, 5.41) is 5.22. The number of hydrogen-bond donors (Lipinski definition) is 1. The Labute approximate surface area is 191 Å². The zero-order chi connectivity index (χ0) is 22.5. The maximum absolute atomic E-state index is 12.6. The van der Waals surface area contributed by atoms with E-state index >= 15 is 0 Å². The summed E-state index contributed by atoms with van der Waals surface area (Å²) in [4.78, 5) is 25.1. The topological polar surface area (TPSA) is 64.6 Å². The maximum Gasteiger partial charge on any atom is 0.341 e. The van der Waals surface area contributed by atoms with Crippen molar-refractivity contribution in [3.05, 3.63) is 76.2 Å². The van der Waals surface area contributed by atoms with E-state index in [-0.39, 0.29) is 5.91 Å². The standard InChI is InChI=1S/C26H25NO4S/c1-30-21-12-7-17(8-13-21)9-14-23(28)27-25-24(26(29)31-2)22(16-32-25)20-11-10-18-5-3-4-6-19(18)15-20/h7-16H,3-6H2,1-2H3,(H,27,28)/b14-9+. The van der Waals surface area contributed by atoms with Gasteiger partial charge in [0.25, 0.3) is 0 Å². The highest BCUT2D eigenvalue weighted by Crippen LogP contribution is 2.37. The van der Waals surface area contributed by atoms with E-state index in [1.165, 1.54) is 48.5 Å². The molecule has 0 bridgehead atoms. The van der Waals surface area contributed by atoms with Gasteiger partial charge in [-0.1, -0.05) is 30.3 Å². The van der Waals surface area contributed by atoms with Crippen LogP contribution in [-0.2, 0) is 22.4 Å². The van der Waals surface area contributed by atoms with Crippen molar-refractivity contribution in [3.63, 3.8) is 0 Å². The third-order valence-corrected chi connectivity index (χ3v) is 6.52. The van der Waals surface area contributed by atoms with E-state index in [2.05, 4.69) is 17.4 Å². The lowest BCUT2D eigenvalue weighted by Crippen LogP contribution is -2.11. The van der Waals surface area contributed by atoms with Gasteiger partial charge in [-0.15, -0.1) is 11.3 Å². The fraction of sp³-hybridized carbons (Fsp3) is 0.231. The highest BCUT2D eigenvalue weighted by molar-refractivity contribution is 7.15. The minimum atomic E-state index is -0.464. The molecule has 1 N–H and O–H groups in total. The Morgan fingerprint density at radius 1 is 1.00 bits per heavy atom. The number of hydrogen-bond acceptors (Lipinski definition) is 5. The van der Waals surface area contributed by atoms with E-state index in [0.717, 1.165) is 35.3 Å². The van der Waals surface area contributed by atoms with Crippen molar-refractivity contribution in [1.82, 2.24) is 0 Å². The molecule has 0 saturated heterocycles. The van der Waals surface area contributed by atoms with E-state index in [1.54, 1.807) is 13.2 Å². The SMILES string of the molecule is COC(=O)c1c(-c2ccc3c(c2)CCCC3)csc1NC(=O)/C=C/c1ccc(OC)cc1. The summed E-state index contributed by atoms with van der Waals surface area (Å²) < 4.78 is 10.2. The van der Waals surface area contributed by atoms with Crippen LogP contribution in [-0.4, -0.2) is 26.1 Å². The molecule has 164 valence electrons. The molecule has 0 fully saturated rings. The fourth-order valence-electron chi connectivity index (χ4n) is 3.91. The normalized spacial score (nSPS) is 12.9. The van der Waals surface area contributed by atoms with Gasteiger partial charge in [0.15, 0.2) is 0 Å². The average Bonchev–Trinajstić information content (AvgIpc) is 3.25. The lowest BCUT2D eigenvalue weighted by Gasteiger charge is -2.16. The van der Waals surface area contributed by atoms with Crippen LogP contribution in [0.15, 0.2) is 53.9 Å². The molecule has 1 aromatic heterocycles. The molecule has 0 saturated carbocycles. The summed E-state index contributed by atoms with van der Waals surface area (Å²) in [6.45, 7) is 0. The number of thiophene rings is 1. The number of carbonyl (C=O) groups excluding carboxylic acids is 2. The molecule has 4 rings (SSSR count). The Kier molecular flexibility index (Phi) is 6.71. The number of ether oxygens (including phenoxy) is 2. The predicted molar refractivity (Wildman–Crippen MR) is 128 cm³/mol. The van der Waals surface area contributed by atoms with Gasteiger partial charge in [-0.25, -0.2) is 4.79 Å². The van der Waals surface area contributed by atoms with Gasteiger partial charge in [0.05, 0.1) is 14.2 Å². The third kappa shape index (κ3) is 4.75. The first-order valence-corrected chi connectivity index (χ1v) is 11.4. The summed E-state index contributed by atoms with van der Waals surface area (Å²) in [5.41, 5.74) is 5.73. The van der Waals surface area contributed by atoms with Crippen LogP contribution < -0.4 is 10.1 Å². The van der Waals surface area contributed by atoms with Crippen molar-refractivity contribution in [3.8, 4) is 16.9 Å². The van der Waals surface area contributed by atoms with Gasteiger partial charge in [-0.3, -0.25) is 4.79 Å². The fourth-order valence-corrected chi connectivity index (χ4v) is 4.87. The van der Waals surface area contributed by atoms with E-state index < -0.39 is 5.97 Å². The van der Waals surface area contributed by atoms with Gasteiger partial charge in [0, 0.05) is 17.0 Å². The van der Waals surface area contributed by atoms with Crippen molar-refractivity contribution >= 4 is 34.3 Å². The van der Waals surface area contributed by atoms with Gasteiger partial charge < -0.3 is 14.8 Å². The van der Waals surface area contributed by atoms with Gasteiger partial charge in [-0.05, 0) is 66.1 Å². The van der Waals surface area contributed by atoms with Crippen LogP contribution in [0, 0.1) is 0 Å². The Bertz CT molecular complexity index is 1160. The van der Waals surface area contributed by atoms with Crippen molar-refractivity contribution in [2.24, 2.45) is 0 Å². The quantitative estimate of drug-likeness (QED) is 0.387. The number of anilines is 1. The van der Waals surface area contributed by atoms with E-state index in [1.807, 2.05) is 35.7 Å². The van der Waals surface area contributed by atoms with Crippen LogP contribution in [0.3, 0.4) is 0 Å². The lowest BCUT2D eigenvalue weighted by atomic mass is 9.89. The van der Waals surface area contributed by atoms with E-state index in [9.17, 15) is 9.59 Å². The van der Waals surface area contributed by atoms with Crippen LogP contribution in [0.2, 0.25) is 0 Å². The van der Waals surface area contributed by atoms with Crippen molar-refractivity contribution in [2.75, 3.05) is 19.5 Å². The minimum absolute atomic E-state index is 0.315. The van der Waals surface area contributed by atoms with Gasteiger partial charge >= 0.3 is 5.97 Å². The number of aryl methyl sites for hydroxylation is 2. The van der Waals surface area contributed by atoms with Gasteiger partial charge in [0.2, 0.25) is 5.91 Å². The van der Waals surface area contributed by atoms with Crippen LogP contribution in [0.4, 0.5) is 5.00 Å². The first-order valence-electron chi connectivity index (χ1n) is 10.5. The molecule has 1 amide bonds. The first-order chi connectivity index (χ1) is 15.6. The van der Waals surface area contributed by atoms with Gasteiger partial charge in [-0.2, -0.15) is 0 Å². The molecule has 3 aromatic rings. The number of amides is 1. The second-order valence-electron chi connectivity index (χ2n) is 7.63. The Morgan fingerprint density at radius 3 is 2.47 bits per heavy atom. The molecule has 0 unspecified atom stereocenters. The predicted octanol–water partition coefficient (Wildman–Crippen LogP) is 5.74. The lowest BCUT2D eigenvalue weighted by molar-refractivity contribution is -0.111. The molecule has 1 aliphatic rings. The third-order valence-electron chi connectivity index (χ3n) is 5.62. The molecular weight excluding hydrogens is 422 g/mol. The second-order valence-corrected chi connectivity index (χ2v) is 8.51. The summed E-state index contributed by atoms with van der Waals surface area (Å²) in [6, 6.07) is 13.8. The monoisotopic (exact) mass is 447 g/mol. The summed E-state index contributed by atoms with van der Waals surface area (Å²) in [5.74, 6) is -0.0270. The maximum atomic E-state index is 12.6. The smallest absolute Gasteiger partial charge is 0.341 e. The number of nitrogens with one attached hydrogen (secondary N) is 1. The highest BCUT2D eigenvalue weighted by atomic mass is 32.1. The second kappa shape index (κ2) is 9.83. The van der Waals surface area contributed by atoms with E-state index in [4.69, 9.17) is 9.47 Å². The van der Waals surface area contributed by atoms with Crippen LogP contribution in [0.1, 0.15) is 39.9 Å². The zero-order valence-electron chi connectivity index (χ0n) is 18.1. The number of rotatable bonds is 6. The Morgan fingerprint density at radius 2 is 1.75 bits per heavy atom. The molecule has 0 aliphatic heterocycles. The summed E-state index contributed by atoms with van der Waals surface area (Å²) in [7, 11) is 2.96. The van der Waals surface area contributed by atoms with Crippen molar-refractivity contribution in [1.29, 1.82) is 0 Å². The van der Waals surface area contributed by atoms with Crippen molar-refractivity contribution in [2.45, 2.75) is 25.7 Å². The molecule has 6 heteroatoms. The molecule has 2 aromatic carbocycles. The number of benzene rings is 2. The van der Waals surface area contributed by atoms with Crippen LogP contribution in [0.25, 0.3) is 17.2 Å². The molecule has 0 atom stereocenters. The van der Waals surface area contributed by atoms with E-state index in [0.29, 0.717) is 10.6 Å². The highest BCUT2D eigenvalue weighted by Gasteiger charge is 2.22. The number of methoxy groups -OCH3 is 2. The summed E-state index contributed by atoms with van der Waals surface area (Å²) >= 11 is 1.32. The van der Waals surface area contributed by atoms with Crippen LogP contribution in [0.5, 0.6) is 5.75 Å². The number of fused-ring (bicyclic) bond motifs is 1. The summed E-state index contributed by atoms with van der Waals surface area (Å²) in [6.07, 6.45) is 7.72. The molecule has 1 aliphatic carbocycles.